The van der Waals surface area contributed by atoms with Gasteiger partial charge in [-0.3, -0.25) is 9.98 Å². The average Bonchev–Trinajstić information content (AvgIpc) is 2.63. The van der Waals surface area contributed by atoms with Gasteiger partial charge in [-0.15, -0.1) is 0 Å². The van der Waals surface area contributed by atoms with E-state index in [0.717, 1.165) is 31.8 Å². The molecule has 0 unspecified atom stereocenters. The summed E-state index contributed by atoms with van der Waals surface area (Å²) in [5, 5.41) is 0.516. The minimum atomic E-state index is 0.492. The van der Waals surface area contributed by atoms with Crippen molar-refractivity contribution in [3.8, 4) is 0 Å². The molecule has 0 amide bonds. The quantitative estimate of drug-likeness (QED) is 0.885. The van der Waals surface area contributed by atoms with Crippen molar-refractivity contribution in [1.82, 2.24) is 9.88 Å². The van der Waals surface area contributed by atoms with Crippen LogP contribution in [0.4, 0.5) is 0 Å². The van der Waals surface area contributed by atoms with E-state index in [4.69, 9.17) is 17.3 Å². The normalized spacial score (nSPS) is 18.9. The summed E-state index contributed by atoms with van der Waals surface area (Å²) in [5.74, 6) is 0. The summed E-state index contributed by atoms with van der Waals surface area (Å²) in [6.45, 7) is 2.55. The van der Waals surface area contributed by atoms with Gasteiger partial charge in [-0.05, 0) is 25.6 Å². The maximum Gasteiger partial charge on any atom is 0.0881 e. The average molecular weight is 265 g/mol. The molecule has 1 aromatic heterocycles. The van der Waals surface area contributed by atoms with Gasteiger partial charge in [-0.2, -0.15) is 0 Å². The molecule has 0 saturated carbocycles. The predicted molar refractivity (Wildman–Crippen MR) is 75.6 cm³/mol. The first-order valence-electron chi connectivity index (χ1n) is 5.97. The second-order valence-corrected chi connectivity index (χ2v) is 4.74. The number of hydrogen-bond acceptors (Lipinski definition) is 4. The zero-order valence-corrected chi connectivity index (χ0v) is 11.2. The van der Waals surface area contributed by atoms with Crippen LogP contribution in [0.3, 0.4) is 0 Å². The number of aromatic nitrogens is 1. The Balaban J connectivity index is 2.29. The monoisotopic (exact) mass is 264 g/mol. The first kappa shape index (κ1) is 13.1. The summed E-state index contributed by atoms with van der Waals surface area (Å²) < 4.78 is 0. The molecule has 0 spiro atoms. The van der Waals surface area contributed by atoms with Crippen molar-refractivity contribution >= 4 is 23.0 Å². The van der Waals surface area contributed by atoms with Gasteiger partial charge in [0.1, 0.15) is 0 Å². The first-order chi connectivity index (χ1) is 8.68. The van der Waals surface area contributed by atoms with Crippen LogP contribution in [-0.2, 0) is 0 Å². The lowest BCUT2D eigenvalue weighted by Crippen LogP contribution is -2.26. The number of nitrogens with zero attached hydrogens (tertiary/aromatic N) is 3. The Morgan fingerprint density at radius 3 is 3.00 bits per heavy atom. The molecule has 0 saturated heterocycles. The molecule has 1 aromatic rings. The van der Waals surface area contributed by atoms with Crippen LogP contribution in [0.25, 0.3) is 5.70 Å². The van der Waals surface area contributed by atoms with Crippen molar-refractivity contribution in [2.24, 2.45) is 10.7 Å². The Kier molecular flexibility index (Phi) is 4.33. The molecule has 0 bridgehead atoms. The molecule has 5 heteroatoms. The Hall–Kier alpha value is -1.39. The van der Waals surface area contributed by atoms with Crippen molar-refractivity contribution in [1.29, 1.82) is 0 Å². The van der Waals surface area contributed by atoms with Crippen molar-refractivity contribution in [2.45, 2.75) is 6.42 Å². The van der Waals surface area contributed by atoms with E-state index in [2.05, 4.69) is 21.9 Å². The van der Waals surface area contributed by atoms with Crippen LogP contribution in [0.1, 0.15) is 12.1 Å². The van der Waals surface area contributed by atoms with Crippen LogP contribution in [0.5, 0.6) is 0 Å². The van der Waals surface area contributed by atoms with E-state index >= 15 is 0 Å². The van der Waals surface area contributed by atoms with Gasteiger partial charge in [-0.25, -0.2) is 0 Å². The molecular weight excluding hydrogens is 248 g/mol. The SMILES string of the molecule is CN1CCCN=C(/C(Cl)=C(\N)c2ccccn2)C1. The number of nitrogens with two attached hydrogens (primary N) is 1. The minimum Gasteiger partial charge on any atom is -0.396 e. The molecule has 0 fully saturated rings. The third kappa shape index (κ3) is 3.09. The molecule has 1 aliphatic rings. The highest BCUT2D eigenvalue weighted by Gasteiger charge is 2.15. The van der Waals surface area contributed by atoms with Crippen molar-refractivity contribution in [3.63, 3.8) is 0 Å². The third-order valence-corrected chi connectivity index (χ3v) is 3.27. The molecule has 1 aliphatic heterocycles. The summed E-state index contributed by atoms with van der Waals surface area (Å²) in [7, 11) is 2.06. The summed E-state index contributed by atoms with van der Waals surface area (Å²) in [6.07, 6.45) is 2.75. The molecule has 2 N–H and O–H groups in total. The number of hydrogen-bond donors (Lipinski definition) is 1. The van der Waals surface area contributed by atoms with Crippen molar-refractivity contribution in [2.75, 3.05) is 26.7 Å². The third-order valence-electron chi connectivity index (χ3n) is 2.85. The van der Waals surface area contributed by atoms with E-state index < -0.39 is 0 Å². The highest BCUT2D eigenvalue weighted by Crippen LogP contribution is 2.18. The van der Waals surface area contributed by atoms with Crippen LogP contribution in [-0.4, -0.2) is 42.3 Å². The summed E-state index contributed by atoms with van der Waals surface area (Å²) >= 11 is 6.34. The van der Waals surface area contributed by atoms with Crippen molar-refractivity contribution in [3.05, 3.63) is 35.1 Å². The van der Waals surface area contributed by atoms with Gasteiger partial charge in [-0.1, -0.05) is 17.7 Å². The lowest BCUT2D eigenvalue weighted by molar-refractivity contribution is 0.385. The predicted octanol–water partition coefficient (Wildman–Crippen LogP) is 1.72. The van der Waals surface area contributed by atoms with Crippen LogP contribution < -0.4 is 5.73 Å². The van der Waals surface area contributed by atoms with E-state index in [0.29, 0.717) is 16.4 Å². The largest absolute Gasteiger partial charge is 0.396 e. The van der Waals surface area contributed by atoms with E-state index in [1.807, 2.05) is 18.2 Å². The standard InChI is InChI=1S/C13H17ClN4/c1-18-8-4-7-17-11(9-18)12(14)13(15)10-5-2-3-6-16-10/h2-3,5-6H,4,7-9,15H2,1H3/b13-12+. The maximum atomic E-state index is 6.34. The lowest BCUT2D eigenvalue weighted by atomic mass is 10.2. The van der Waals surface area contributed by atoms with Crippen LogP contribution >= 0.6 is 11.6 Å². The zero-order chi connectivity index (χ0) is 13.0. The molecule has 4 nitrogen and oxygen atoms in total. The number of pyridine rings is 1. The number of rotatable bonds is 2. The Morgan fingerprint density at radius 1 is 1.44 bits per heavy atom. The van der Waals surface area contributed by atoms with Crippen LogP contribution in [0.2, 0.25) is 0 Å². The molecule has 0 atom stereocenters. The van der Waals surface area contributed by atoms with Gasteiger partial charge in [0.05, 0.1) is 22.1 Å². The highest BCUT2D eigenvalue weighted by molar-refractivity contribution is 6.46. The number of aliphatic imine (C=N–C) groups is 1. The molecule has 0 aromatic carbocycles. The zero-order valence-electron chi connectivity index (χ0n) is 10.4. The van der Waals surface area contributed by atoms with Crippen LogP contribution in [0, 0.1) is 0 Å². The van der Waals surface area contributed by atoms with Gasteiger partial charge < -0.3 is 10.6 Å². The Morgan fingerprint density at radius 2 is 2.28 bits per heavy atom. The second kappa shape index (κ2) is 5.98. The van der Waals surface area contributed by atoms with Gasteiger partial charge >= 0.3 is 0 Å². The second-order valence-electron chi connectivity index (χ2n) is 4.36. The summed E-state index contributed by atoms with van der Waals surface area (Å²) in [6, 6.07) is 5.58. The molecule has 2 heterocycles. The molecule has 0 radical (unpaired) electrons. The van der Waals surface area contributed by atoms with Gasteiger partial charge in [0, 0.05) is 25.8 Å². The molecule has 0 aliphatic carbocycles. The minimum absolute atomic E-state index is 0.492. The summed E-state index contributed by atoms with van der Waals surface area (Å²) in [5.41, 5.74) is 8.08. The van der Waals surface area contributed by atoms with E-state index in [-0.39, 0.29) is 0 Å². The summed E-state index contributed by atoms with van der Waals surface area (Å²) in [4.78, 5) is 10.9. The van der Waals surface area contributed by atoms with E-state index in [9.17, 15) is 0 Å². The molecule has 2 rings (SSSR count). The van der Waals surface area contributed by atoms with Crippen LogP contribution in [0.15, 0.2) is 34.4 Å². The van der Waals surface area contributed by atoms with Crippen molar-refractivity contribution < 1.29 is 0 Å². The fourth-order valence-corrected chi connectivity index (χ4v) is 2.08. The molecule has 96 valence electrons. The topological polar surface area (TPSA) is 54.5 Å². The smallest absolute Gasteiger partial charge is 0.0881 e. The number of halogens is 1. The molecule has 18 heavy (non-hydrogen) atoms. The fraction of sp³-hybridized carbons (Fsp3) is 0.385. The lowest BCUT2D eigenvalue weighted by Gasteiger charge is -2.14. The van der Waals surface area contributed by atoms with Gasteiger partial charge in [0.25, 0.3) is 0 Å². The maximum absolute atomic E-state index is 6.34. The van der Waals surface area contributed by atoms with Gasteiger partial charge in [0.15, 0.2) is 0 Å². The van der Waals surface area contributed by atoms with E-state index in [1.54, 1.807) is 6.20 Å². The van der Waals surface area contributed by atoms with E-state index in [1.165, 1.54) is 0 Å². The highest BCUT2D eigenvalue weighted by atomic mass is 35.5. The molecular formula is C13H17ClN4. The Bertz CT molecular complexity index is 467. The Labute approximate surface area is 112 Å². The van der Waals surface area contributed by atoms with Gasteiger partial charge in [0.2, 0.25) is 0 Å². The fourth-order valence-electron chi connectivity index (χ4n) is 1.87. The first-order valence-corrected chi connectivity index (χ1v) is 6.35.